The number of likely N-dealkylation sites (N-methyl/N-ethyl adjacent to an activating group) is 1. The second-order valence-electron chi connectivity index (χ2n) is 7.24. The molecule has 0 aromatic heterocycles. The molecule has 1 unspecified atom stereocenters. The van der Waals surface area contributed by atoms with Crippen LogP contribution in [-0.2, 0) is 30.0 Å². The van der Waals surface area contributed by atoms with E-state index >= 15 is 0 Å². The monoisotopic (exact) mass is 554 g/mol. The summed E-state index contributed by atoms with van der Waals surface area (Å²) in [5.41, 5.74) is 1.95. The van der Waals surface area contributed by atoms with Crippen molar-refractivity contribution in [1.82, 2.24) is 14.7 Å². The van der Waals surface area contributed by atoms with Crippen molar-refractivity contribution in [3.63, 3.8) is 0 Å². The lowest BCUT2D eigenvalue weighted by Crippen LogP contribution is -2.40. The predicted octanol–water partition coefficient (Wildman–Crippen LogP) is 2.71. The number of hydrogen-bond donors (Lipinski definition) is 2. The zero-order chi connectivity index (χ0) is 28.9. The number of nitrogens with one attached hydrogen (secondary N) is 1. The highest BCUT2D eigenvalue weighted by Gasteiger charge is 2.20. The summed E-state index contributed by atoms with van der Waals surface area (Å²) < 4.78 is 42.9. The van der Waals surface area contributed by atoms with Crippen LogP contribution in [0.15, 0.2) is 47.4 Å². The van der Waals surface area contributed by atoms with E-state index in [-0.39, 0.29) is 23.7 Å². The topological polar surface area (TPSA) is 141 Å². The molecule has 2 aromatic rings. The number of ether oxygens (including phenoxy) is 3. The molecule has 0 aliphatic carbocycles. The van der Waals surface area contributed by atoms with E-state index in [9.17, 15) is 18.2 Å². The summed E-state index contributed by atoms with van der Waals surface area (Å²) >= 11 is 0. The Bertz CT molecular complexity index is 1030. The molecule has 0 saturated carbocycles. The van der Waals surface area contributed by atoms with Gasteiger partial charge in [0.1, 0.15) is 23.3 Å². The first-order chi connectivity index (χ1) is 18.2. The average molecular weight is 555 g/mol. The number of carbonyl (C=O) groups is 2. The van der Waals surface area contributed by atoms with Crippen molar-refractivity contribution in [2.75, 3.05) is 54.1 Å². The number of rotatable bonds is 13. The molecule has 38 heavy (non-hydrogen) atoms. The maximum Gasteiger partial charge on any atom is 0.293 e. The van der Waals surface area contributed by atoms with Gasteiger partial charge in [0.15, 0.2) is 11.6 Å². The number of methoxy groups -OCH3 is 1. The smallest absolute Gasteiger partial charge is 0.293 e. The SMILES string of the molecule is CC.CN(C)CCN(CC(=O)NO)S(=O)c1ccc(Oc2ccc(C#N)cc2)c(F)c1.COCCOC=O. The van der Waals surface area contributed by atoms with Gasteiger partial charge in [-0.3, -0.25) is 14.8 Å². The van der Waals surface area contributed by atoms with Crippen molar-refractivity contribution < 1.29 is 37.6 Å². The summed E-state index contributed by atoms with van der Waals surface area (Å²) in [6.07, 6.45) is 0. The summed E-state index contributed by atoms with van der Waals surface area (Å²) in [5.74, 6) is -1.16. The zero-order valence-corrected chi connectivity index (χ0v) is 23.0. The van der Waals surface area contributed by atoms with E-state index in [1.165, 1.54) is 21.9 Å². The lowest BCUT2D eigenvalue weighted by atomic mass is 10.2. The first-order valence-electron chi connectivity index (χ1n) is 11.5. The number of amides is 1. The molecule has 1 atom stereocenters. The number of carbonyl (C=O) groups excluding carboxylic acids is 2. The van der Waals surface area contributed by atoms with Crippen LogP contribution in [0.2, 0.25) is 0 Å². The normalized spacial score (nSPS) is 10.7. The van der Waals surface area contributed by atoms with E-state index in [0.717, 1.165) is 6.07 Å². The van der Waals surface area contributed by atoms with Crippen molar-refractivity contribution in [3.8, 4) is 17.6 Å². The highest BCUT2D eigenvalue weighted by atomic mass is 32.2. The number of hydroxylamine groups is 1. The number of benzene rings is 2. The van der Waals surface area contributed by atoms with Crippen LogP contribution in [0.4, 0.5) is 4.39 Å². The standard InChI is InChI=1S/C19H21FN4O4S.C4H8O3.C2H6/c1-23(2)9-10-24(13-19(25)22-26)29(27)16-7-8-18(17(20)11-16)28-15-5-3-14(12-21)4-6-15;1-6-2-3-7-4-5;1-2/h3-8,11,26H,9-10,13H2,1-2H3,(H,22,25);4H,2-3H2,1H3;1-2H3. The minimum atomic E-state index is -1.83. The highest BCUT2D eigenvalue weighted by Crippen LogP contribution is 2.27. The maximum absolute atomic E-state index is 14.5. The summed E-state index contributed by atoms with van der Waals surface area (Å²) in [4.78, 5) is 22.9. The van der Waals surface area contributed by atoms with Crippen LogP contribution in [0.3, 0.4) is 0 Å². The van der Waals surface area contributed by atoms with E-state index < -0.39 is 22.7 Å². The molecule has 210 valence electrons. The van der Waals surface area contributed by atoms with Gasteiger partial charge in [0, 0.05) is 20.2 Å². The molecule has 13 heteroatoms. The van der Waals surface area contributed by atoms with Crippen LogP contribution < -0.4 is 10.2 Å². The Morgan fingerprint density at radius 1 is 1.16 bits per heavy atom. The number of halogens is 1. The van der Waals surface area contributed by atoms with E-state index in [2.05, 4.69) is 9.47 Å². The Hall–Kier alpha value is -3.41. The zero-order valence-electron chi connectivity index (χ0n) is 22.2. The molecule has 2 N–H and O–H groups in total. The third-order valence-electron chi connectivity index (χ3n) is 4.27. The molecular weight excluding hydrogens is 519 g/mol. The van der Waals surface area contributed by atoms with Crippen molar-refractivity contribution in [3.05, 3.63) is 53.8 Å². The summed E-state index contributed by atoms with van der Waals surface area (Å²) in [5, 5.41) is 17.5. The molecule has 2 rings (SSSR count). The van der Waals surface area contributed by atoms with Gasteiger partial charge in [-0.25, -0.2) is 18.4 Å². The highest BCUT2D eigenvalue weighted by molar-refractivity contribution is 7.82. The minimum absolute atomic E-state index is 0.0663. The Labute approximate surface area is 225 Å². The first kappa shape index (κ1) is 34.6. The lowest BCUT2D eigenvalue weighted by Gasteiger charge is -2.22. The Kier molecular flexibility index (Phi) is 18.8. The molecule has 2 aromatic carbocycles. The molecule has 0 fully saturated rings. The molecule has 0 heterocycles. The largest absolute Gasteiger partial charge is 0.465 e. The molecule has 0 aliphatic heterocycles. The van der Waals surface area contributed by atoms with Gasteiger partial charge in [0.2, 0.25) is 0 Å². The summed E-state index contributed by atoms with van der Waals surface area (Å²) in [7, 11) is 3.37. The van der Waals surface area contributed by atoms with Gasteiger partial charge in [-0.2, -0.15) is 5.26 Å². The number of nitriles is 1. The molecule has 0 bridgehead atoms. The molecular formula is C25H35FN4O7S. The van der Waals surface area contributed by atoms with Gasteiger partial charge in [-0.1, -0.05) is 13.8 Å². The van der Waals surface area contributed by atoms with Gasteiger partial charge in [0.05, 0.1) is 29.7 Å². The van der Waals surface area contributed by atoms with Crippen LogP contribution in [0, 0.1) is 17.1 Å². The van der Waals surface area contributed by atoms with E-state index in [0.29, 0.717) is 37.5 Å². The molecule has 0 spiro atoms. The van der Waals surface area contributed by atoms with Gasteiger partial charge in [-0.05, 0) is 56.6 Å². The van der Waals surface area contributed by atoms with Crippen molar-refractivity contribution in [1.29, 1.82) is 5.26 Å². The lowest BCUT2D eigenvalue weighted by molar-refractivity contribution is -0.130. The summed E-state index contributed by atoms with van der Waals surface area (Å²) in [6.45, 7) is 5.67. The molecule has 1 amide bonds. The van der Waals surface area contributed by atoms with Crippen LogP contribution >= 0.6 is 0 Å². The average Bonchev–Trinajstić information content (AvgIpc) is 2.93. The number of hydrogen-bond acceptors (Lipinski definition) is 9. The molecule has 0 aliphatic rings. The predicted molar refractivity (Wildman–Crippen MR) is 139 cm³/mol. The fraction of sp³-hybridized carbons (Fsp3) is 0.400. The van der Waals surface area contributed by atoms with Crippen LogP contribution in [0.1, 0.15) is 19.4 Å². The van der Waals surface area contributed by atoms with Crippen LogP contribution in [0.25, 0.3) is 0 Å². The quantitative estimate of drug-likeness (QED) is 0.165. The van der Waals surface area contributed by atoms with Gasteiger partial charge < -0.3 is 19.1 Å². The van der Waals surface area contributed by atoms with Crippen LogP contribution in [-0.4, -0.2) is 85.1 Å². The molecule has 11 nitrogen and oxygen atoms in total. The molecule has 0 radical (unpaired) electrons. The van der Waals surface area contributed by atoms with Gasteiger partial charge >= 0.3 is 0 Å². The Morgan fingerprint density at radius 2 is 1.82 bits per heavy atom. The second-order valence-corrected chi connectivity index (χ2v) is 8.73. The number of nitrogens with zero attached hydrogens (tertiary/aromatic N) is 3. The summed E-state index contributed by atoms with van der Waals surface area (Å²) in [6, 6.07) is 12.0. The Morgan fingerprint density at radius 3 is 2.32 bits per heavy atom. The van der Waals surface area contributed by atoms with Crippen molar-refractivity contribution >= 4 is 23.4 Å². The third-order valence-corrected chi connectivity index (χ3v) is 5.70. The Balaban J connectivity index is 0.00000132. The maximum atomic E-state index is 14.5. The van der Waals surface area contributed by atoms with E-state index in [1.54, 1.807) is 31.4 Å². The van der Waals surface area contributed by atoms with E-state index in [1.807, 2.05) is 38.9 Å². The second kappa shape index (κ2) is 20.6. The van der Waals surface area contributed by atoms with Gasteiger partial charge in [-0.15, -0.1) is 0 Å². The fourth-order valence-electron chi connectivity index (χ4n) is 2.45. The fourth-order valence-corrected chi connectivity index (χ4v) is 3.62. The minimum Gasteiger partial charge on any atom is -0.465 e. The van der Waals surface area contributed by atoms with Gasteiger partial charge in [0.25, 0.3) is 12.4 Å². The first-order valence-corrected chi connectivity index (χ1v) is 12.6. The van der Waals surface area contributed by atoms with Crippen LogP contribution in [0.5, 0.6) is 11.5 Å². The van der Waals surface area contributed by atoms with Crippen molar-refractivity contribution in [2.24, 2.45) is 0 Å². The third kappa shape index (κ3) is 13.8. The van der Waals surface area contributed by atoms with E-state index in [4.69, 9.17) is 15.2 Å². The van der Waals surface area contributed by atoms with Crippen molar-refractivity contribution in [2.45, 2.75) is 18.7 Å². The molecule has 0 saturated heterocycles.